The molecule has 20 heavy (non-hydrogen) atoms. The van der Waals surface area contributed by atoms with Crippen molar-refractivity contribution in [3.05, 3.63) is 35.9 Å². The van der Waals surface area contributed by atoms with Crippen LogP contribution in [0.2, 0.25) is 0 Å². The van der Waals surface area contributed by atoms with Crippen LogP contribution in [-0.4, -0.2) is 36.0 Å². The van der Waals surface area contributed by atoms with E-state index in [-0.39, 0.29) is 5.41 Å². The first-order valence-corrected chi connectivity index (χ1v) is 7.89. The van der Waals surface area contributed by atoms with Gasteiger partial charge in [-0.3, -0.25) is 4.79 Å². The Balaban J connectivity index is 1.55. The lowest BCUT2D eigenvalue weighted by Crippen LogP contribution is -2.44. The summed E-state index contributed by atoms with van der Waals surface area (Å²) in [5.74, 6) is 0.373. The second kappa shape index (κ2) is 4.59. The van der Waals surface area contributed by atoms with E-state index < -0.39 is 0 Å². The number of rotatable bonds is 2. The van der Waals surface area contributed by atoms with Crippen LogP contribution in [0.3, 0.4) is 0 Å². The van der Waals surface area contributed by atoms with Gasteiger partial charge in [-0.1, -0.05) is 30.3 Å². The first-order chi connectivity index (χ1) is 9.78. The van der Waals surface area contributed by atoms with Crippen molar-refractivity contribution in [3.8, 4) is 0 Å². The van der Waals surface area contributed by atoms with E-state index in [2.05, 4.69) is 34.5 Å². The molecule has 3 heteroatoms. The Morgan fingerprint density at radius 1 is 1.10 bits per heavy atom. The van der Waals surface area contributed by atoms with E-state index >= 15 is 0 Å². The largest absolute Gasteiger partial charge is 0.340 e. The van der Waals surface area contributed by atoms with Crippen molar-refractivity contribution in [1.29, 1.82) is 0 Å². The van der Waals surface area contributed by atoms with Gasteiger partial charge in [0.2, 0.25) is 5.91 Å². The fourth-order valence-electron chi connectivity index (χ4n) is 3.94. The lowest BCUT2D eigenvalue weighted by Gasteiger charge is -2.29. The maximum Gasteiger partial charge on any atom is 0.233 e. The molecule has 106 valence electrons. The van der Waals surface area contributed by atoms with Gasteiger partial charge in [0.1, 0.15) is 0 Å². The minimum Gasteiger partial charge on any atom is -0.340 e. The minimum atomic E-state index is -0.190. The average Bonchev–Trinajstić information content (AvgIpc) is 3.20. The maximum absolute atomic E-state index is 13.0. The summed E-state index contributed by atoms with van der Waals surface area (Å²) in [6.45, 7) is 1.84. The molecule has 2 atom stereocenters. The summed E-state index contributed by atoms with van der Waals surface area (Å²) in [7, 11) is 0. The molecule has 2 bridgehead atoms. The smallest absolute Gasteiger partial charge is 0.233 e. The van der Waals surface area contributed by atoms with E-state index in [1.54, 1.807) is 0 Å². The van der Waals surface area contributed by atoms with Gasteiger partial charge < -0.3 is 10.2 Å². The van der Waals surface area contributed by atoms with Crippen molar-refractivity contribution in [2.75, 3.05) is 13.1 Å². The number of likely N-dealkylation sites (tertiary alicyclic amines) is 1. The molecule has 2 saturated heterocycles. The molecule has 0 spiro atoms. The molecule has 0 aromatic heterocycles. The van der Waals surface area contributed by atoms with Gasteiger partial charge in [-0.2, -0.15) is 0 Å². The Kier molecular flexibility index (Phi) is 2.84. The van der Waals surface area contributed by atoms with Crippen LogP contribution in [0.5, 0.6) is 0 Å². The van der Waals surface area contributed by atoms with Crippen molar-refractivity contribution in [1.82, 2.24) is 10.2 Å². The summed E-state index contributed by atoms with van der Waals surface area (Å²) < 4.78 is 0. The molecule has 0 radical (unpaired) electrons. The monoisotopic (exact) mass is 270 g/mol. The molecular weight excluding hydrogens is 248 g/mol. The summed E-state index contributed by atoms with van der Waals surface area (Å²) in [4.78, 5) is 15.1. The number of benzene rings is 1. The molecule has 3 aliphatic rings. The number of hydrogen-bond donors (Lipinski definition) is 1. The highest BCUT2D eigenvalue weighted by Crippen LogP contribution is 2.49. The summed E-state index contributed by atoms with van der Waals surface area (Å²) in [6.07, 6.45) is 5.68. The second-order valence-electron chi connectivity index (χ2n) is 6.63. The third kappa shape index (κ3) is 1.96. The second-order valence-corrected chi connectivity index (χ2v) is 6.63. The van der Waals surface area contributed by atoms with Gasteiger partial charge >= 0.3 is 0 Å². The molecule has 3 nitrogen and oxygen atoms in total. The zero-order valence-electron chi connectivity index (χ0n) is 11.8. The van der Waals surface area contributed by atoms with Crippen LogP contribution in [0.15, 0.2) is 30.3 Å². The fraction of sp³-hybridized carbons (Fsp3) is 0.588. The Hall–Kier alpha value is -1.35. The summed E-state index contributed by atoms with van der Waals surface area (Å²) >= 11 is 0. The van der Waals surface area contributed by atoms with Crippen molar-refractivity contribution in [2.24, 2.45) is 0 Å². The van der Waals surface area contributed by atoms with Gasteiger partial charge in [-0.05, 0) is 37.7 Å². The predicted octanol–water partition coefficient (Wildman–Crippen LogP) is 2.07. The molecule has 1 N–H and O–H groups in total. The molecule has 2 unspecified atom stereocenters. The van der Waals surface area contributed by atoms with Gasteiger partial charge in [0, 0.05) is 25.2 Å². The third-order valence-corrected chi connectivity index (χ3v) is 5.30. The van der Waals surface area contributed by atoms with Crippen LogP contribution in [-0.2, 0) is 10.2 Å². The number of nitrogens with zero attached hydrogens (tertiary/aromatic N) is 1. The highest BCUT2D eigenvalue weighted by molar-refractivity contribution is 5.91. The molecule has 4 rings (SSSR count). The molecular formula is C17H22N2O. The first kappa shape index (κ1) is 12.4. The van der Waals surface area contributed by atoms with Crippen LogP contribution >= 0.6 is 0 Å². The summed E-state index contributed by atoms with van der Waals surface area (Å²) in [5.41, 5.74) is 1.03. The topological polar surface area (TPSA) is 32.3 Å². The minimum absolute atomic E-state index is 0.190. The Labute approximate surface area is 120 Å². The number of carbonyl (C=O) groups is 1. The SMILES string of the molecule is O=C(N1CCC2CCC(C1)N2)C1(c2ccccc2)CC1. The molecule has 2 heterocycles. The summed E-state index contributed by atoms with van der Waals surface area (Å²) in [6, 6.07) is 11.5. The van der Waals surface area contributed by atoms with E-state index in [1.807, 2.05) is 6.07 Å². The van der Waals surface area contributed by atoms with E-state index in [1.165, 1.54) is 18.4 Å². The molecule has 1 saturated carbocycles. The van der Waals surface area contributed by atoms with Gasteiger partial charge in [0.25, 0.3) is 0 Å². The summed E-state index contributed by atoms with van der Waals surface area (Å²) in [5, 5.41) is 3.66. The molecule has 3 fully saturated rings. The van der Waals surface area contributed by atoms with Crippen LogP contribution in [0.4, 0.5) is 0 Å². The Bertz CT molecular complexity index is 509. The number of nitrogens with one attached hydrogen (secondary N) is 1. The van der Waals surface area contributed by atoms with Crippen LogP contribution < -0.4 is 5.32 Å². The van der Waals surface area contributed by atoms with E-state index in [4.69, 9.17) is 0 Å². The lowest BCUT2D eigenvalue weighted by molar-refractivity contribution is -0.134. The molecule has 2 aliphatic heterocycles. The zero-order chi connectivity index (χ0) is 13.6. The van der Waals surface area contributed by atoms with Crippen LogP contribution in [0, 0.1) is 0 Å². The average molecular weight is 270 g/mol. The molecule has 1 aliphatic carbocycles. The number of hydrogen-bond acceptors (Lipinski definition) is 2. The highest BCUT2D eigenvalue weighted by Gasteiger charge is 2.53. The Morgan fingerprint density at radius 3 is 2.60 bits per heavy atom. The van der Waals surface area contributed by atoms with E-state index in [0.717, 1.165) is 32.4 Å². The van der Waals surface area contributed by atoms with Crippen LogP contribution in [0.25, 0.3) is 0 Å². The molecule has 1 amide bonds. The van der Waals surface area contributed by atoms with Crippen molar-refractivity contribution in [3.63, 3.8) is 0 Å². The maximum atomic E-state index is 13.0. The quantitative estimate of drug-likeness (QED) is 0.892. The number of carbonyl (C=O) groups excluding carboxylic acids is 1. The third-order valence-electron chi connectivity index (χ3n) is 5.30. The fourth-order valence-corrected chi connectivity index (χ4v) is 3.94. The Morgan fingerprint density at radius 2 is 1.85 bits per heavy atom. The van der Waals surface area contributed by atoms with Gasteiger partial charge in [0.15, 0.2) is 0 Å². The molecule has 1 aromatic rings. The normalized spacial score (nSPS) is 30.9. The molecule has 1 aromatic carbocycles. The van der Waals surface area contributed by atoms with Crippen molar-refractivity contribution < 1.29 is 4.79 Å². The van der Waals surface area contributed by atoms with Gasteiger partial charge in [0.05, 0.1) is 5.41 Å². The van der Waals surface area contributed by atoms with Crippen molar-refractivity contribution in [2.45, 2.75) is 49.6 Å². The van der Waals surface area contributed by atoms with Gasteiger partial charge in [-0.15, -0.1) is 0 Å². The predicted molar refractivity (Wildman–Crippen MR) is 78.5 cm³/mol. The highest BCUT2D eigenvalue weighted by atomic mass is 16.2. The standard InChI is InChI=1S/C17H22N2O/c20-16(17(9-10-17)13-4-2-1-3-5-13)19-11-8-14-6-7-15(12-19)18-14/h1-5,14-15,18H,6-12H2. The number of fused-ring (bicyclic) bond motifs is 2. The van der Waals surface area contributed by atoms with Gasteiger partial charge in [-0.25, -0.2) is 0 Å². The van der Waals surface area contributed by atoms with E-state index in [9.17, 15) is 4.79 Å². The van der Waals surface area contributed by atoms with E-state index in [0.29, 0.717) is 18.0 Å². The van der Waals surface area contributed by atoms with Crippen LogP contribution in [0.1, 0.15) is 37.7 Å². The first-order valence-electron chi connectivity index (χ1n) is 7.89. The lowest BCUT2D eigenvalue weighted by atomic mass is 9.93. The number of amides is 1. The van der Waals surface area contributed by atoms with Crippen molar-refractivity contribution >= 4 is 5.91 Å². The zero-order valence-corrected chi connectivity index (χ0v) is 11.8.